The molecule has 2 heterocycles. The SMILES string of the molecule is C#CCN1C(=O)C2C(N=C(/C=C/c3cccc(OC)c3)N2C)N(CCCOP(=O)(O)O)C1=O. The Labute approximate surface area is 191 Å². The first-order chi connectivity index (χ1) is 15.7. The number of likely N-dealkylation sites (N-methyl/N-ethyl adjacent to an activating group) is 1. The maximum Gasteiger partial charge on any atom is 0.469 e. The summed E-state index contributed by atoms with van der Waals surface area (Å²) in [5.41, 5.74) is 0.864. The molecular formula is C21H25N4O7P. The van der Waals surface area contributed by atoms with Crippen molar-refractivity contribution in [2.45, 2.75) is 18.6 Å². The lowest BCUT2D eigenvalue weighted by molar-refractivity contribution is -0.136. The molecule has 33 heavy (non-hydrogen) atoms. The molecule has 3 rings (SSSR count). The fourth-order valence-corrected chi connectivity index (χ4v) is 4.02. The quantitative estimate of drug-likeness (QED) is 0.308. The molecule has 12 heteroatoms. The number of phosphoric acid groups is 1. The van der Waals surface area contributed by atoms with Crippen LogP contribution < -0.4 is 4.74 Å². The van der Waals surface area contributed by atoms with Gasteiger partial charge in [0.25, 0.3) is 5.91 Å². The Kier molecular flexibility index (Phi) is 7.56. The molecule has 3 amide bonds. The summed E-state index contributed by atoms with van der Waals surface area (Å²) in [5.74, 6) is 3.05. The molecular weight excluding hydrogens is 451 g/mol. The highest BCUT2D eigenvalue weighted by molar-refractivity contribution is 7.46. The molecule has 0 bridgehead atoms. The second-order valence-electron chi connectivity index (χ2n) is 7.35. The molecule has 0 saturated carbocycles. The first-order valence-electron chi connectivity index (χ1n) is 10.0. The summed E-state index contributed by atoms with van der Waals surface area (Å²) in [6.45, 7) is -0.394. The van der Waals surface area contributed by atoms with E-state index in [1.54, 1.807) is 25.1 Å². The number of benzene rings is 1. The molecule has 2 N–H and O–H groups in total. The van der Waals surface area contributed by atoms with Crippen molar-refractivity contribution in [3.63, 3.8) is 0 Å². The third-order valence-corrected chi connectivity index (χ3v) is 5.73. The number of terminal acetylenes is 1. The number of imide groups is 1. The number of aliphatic imine (C=N–C) groups is 1. The van der Waals surface area contributed by atoms with E-state index >= 15 is 0 Å². The predicted molar refractivity (Wildman–Crippen MR) is 120 cm³/mol. The Balaban J connectivity index is 1.83. The van der Waals surface area contributed by atoms with Gasteiger partial charge in [-0.3, -0.25) is 19.1 Å². The van der Waals surface area contributed by atoms with Crippen LogP contribution in [-0.2, 0) is 13.9 Å². The number of carbonyl (C=O) groups excluding carboxylic acids is 2. The van der Waals surface area contributed by atoms with Gasteiger partial charge in [-0.25, -0.2) is 14.4 Å². The molecule has 1 aromatic carbocycles. The summed E-state index contributed by atoms with van der Waals surface area (Å²) >= 11 is 0. The topological polar surface area (TPSA) is 132 Å². The highest BCUT2D eigenvalue weighted by Gasteiger charge is 2.51. The van der Waals surface area contributed by atoms with Crippen molar-refractivity contribution in [1.29, 1.82) is 0 Å². The molecule has 0 radical (unpaired) electrons. The number of amidine groups is 1. The van der Waals surface area contributed by atoms with Crippen LogP contribution in [0, 0.1) is 12.3 Å². The van der Waals surface area contributed by atoms with E-state index in [1.165, 1.54) is 4.90 Å². The van der Waals surface area contributed by atoms with Crippen LogP contribution in [0.5, 0.6) is 5.75 Å². The molecule has 11 nitrogen and oxygen atoms in total. The van der Waals surface area contributed by atoms with Crippen LogP contribution in [0.2, 0.25) is 0 Å². The number of hydrogen-bond acceptors (Lipinski definition) is 7. The highest BCUT2D eigenvalue weighted by Crippen LogP contribution is 2.36. The van der Waals surface area contributed by atoms with E-state index in [9.17, 15) is 14.2 Å². The average Bonchev–Trinajstić information content (AvgIpc) is 3.10. The lowest BCUT2D eigenvalue weighted by Crippen LogP contribution is -2.65. The van der Waals surface area contributed by atoms with Crippen molar-refractivity contribution in [1.82, 2.24) is 14.7 Å². The van der Waals surface area contributed by atoms with Gasteiger partial charge in [0, 0.05) is 13.6 Å². The van der Waals surface area contributed by atoms with Gasteiger partial charge in [0.1, 0.15) is 11.6 Å². The minimum absolute atomic E-state index is 0.0680. The first kappa shape index (κ1) is 24.5. The van der Waals surface area contributed by atoms with E-state index < -0.39 is 32.0 Å². The summed E-state index contributed by atoms with van der Waals surface area (Å²) in [4.78, 5) is 52.3. The number of ether oxygens (including phenoxy) is 1. The number of fused-ring (bicyclic) bond motifs is 1. The van der Waals surface area contributed by atoms with E-state index in [4.69, 9.17) is 20.9 Å². The molecule has 0 aliphatic carbocycles. The van der Waals surface area contributed by atoms with Crippen LogP contribution >= 0.6 is 7.82 Å². The third-order valence-electron chi connectivity index (χ3n) is 5.21. The predicted octanol–water partition coefficient (Wildman–Crippen LogP) is 1.14. The van der Waals surface area contributed by atoms with E-state index in [0.717, 1.165) is 10.5 Å². The van der Waals surface area contributed by atoms with Crippen LogP contribution in [0.4, 0.5) is 4.79 Å². The summed E-state index contributed by atoms with van der Waals surface area (Å²) in [6, 6.07) is 6.02. The normalized spacial score (nSPS) is 20.8. The maximum atomic E-state index is 13.0. The van der Waals surface area contributed by atoms with E-state index in [0.29, 0.717) is 11.6 Å². The van der Waals surface area contributed by atoms with Gasteiger partial charge in [-0.2, -0.15) is 0 Å². The van der Waals surface area contributed by atoms with Crippen LogP contribution in [0.15, 0.2) is 35.3 Å². The zero-order valence-electron chi connectivity index (χ0n) is 18.2. The standard InChI is InChI=1S/C21H25N4O7P/c1-4-11-25-20(26)18-19(24(21(25)27)12-6-13-32-33(28,29)30)22-17(23(18)2)10-9-15-7-5-8-16(14-15)31-3/h1,5,7-10,14,18-19H,6,11-13H2,2-3H3,(H2,28,29,30)/b10-9+. The van der Waals surface area contributed by atoms with Crippen molar-refractivity contribution in [2.75, 3.05) is 33.9 Å². The van der Waals surface area contributed by atoms with E-state index in [1.807, 2.05) is 30.3 Å². The Hall–Kier alpha value is -3.16. The van der Waals surface area contributed by atoms with Crippen LogP contribution in [0.25, 0.3) is 6.08 Å². The number of carbonyl (C=O) groups is 2. The zero-order chi connectivity index (χ0) is 24.2. The van der Waals surface area contributed by atoms with Gasteiger partial charge in [0.05, 0.1) is 20.3 Å². The second kappa shape index (κ2) is 10.2. The fraction of sp³-hybridized carbons (Fsp3) is 0.381. The van der Waals surface area contributed by atoms with Crippen LogP contribution in [0.1, 0.15) is 12.0 Å². The number of hydrogen-bond donors (Lipinski definition) is 2. The lowest BCUT2D eigenvalue weighted by atomic mass is 10.1. The lowest BCUT2D eigenvalue weighted by Gasteiger charge is -2.41. The van der Waals surface area contributed by atoms with Gasteiger partial charge in [0.2, 0.25) is 0 Å². The molecule has 2 unspecified atom stereocenters. The maximum absolute atomic E-state index is 13.0. The van der Waals surface area contributed by atoms with Gasteiger partial charge in [-0.05, 0) is 30.2 Å². The Morgan fingerprint density at radius 3 is 2.73 bits per heavy atom. The van der Waals surface area contributed by atoms with Crippen molar-refractivity contribution < 1.29 is 33.2 Å². The number of rotatable bonds is 9. The molecule has 2 atom stereocenters. The highest BCUT2D eigenvalue weighted by atomic mass is 31.2. The zero-order valence-corrected chi connectivity index (χ0v) is 19.1. The van der Waals surface area contributed by atoms with Crippen molar-refractivity contribution in [3.8, 4) is 18.1 Å². The Bertz CT molecular complexity index is 1060. The summed E-state index contributed by atoms with van der Waals surface area (Å²) in [6.07, 6.45) is 8.24. The molecule has 1 saturated heterocycles. The van der Waals surface area contributed by atoms with Crippen molar-refractivity contribution in [2.24, 2.45) is 4.99 Å². The minimum atomic E-state index is -4.62. The van der Waals surface area contributed by atoms with Gasteiger partial charge in [-0.15, -0.1) is 6.42 Å². The van der Waals surface area contributed by atoms with E-state index in [-0.39, 0.29) is 26.1 Å². The monoisotopic (exact) mass is 476 g/mol. The Morgan fingerprint density at radius 1 is 1.30 bits per heavy atom. The van der Waals surface area contributed by atoms with Crippen molar-refractivity contribution in [3.05, 3.63) is 35.9 Å². The third kappa shape index (κ3) is 5.61. The van der Waals surface area contributed by atoms with E-state index in [2.05, 4.69) is 15.4 Å². The molecule has 0 spiro atoms. The van der Waals surface area contributed by atoms with Crippen LogP contribution in [-0.4, -0.2) is 88.3 Å². The molecule has 176 valence electrons. The summed E-state index contributed by atoms with van der Waals surface area (Å²) < 4.78 is 20.6. The molecule has 0 aromatic heterocycles. The first-order valence-corrected chi connectivity index (χ1v) is 11.6. The number of amides is 3. The molecule has 2 aliphatic rings. The van der Waals surface area contributed by atoms with Gasteiger partial charge >= 0.3 is 13.9 Å². The Morgan fingerprint density at radius 2 is 2.06 bits per heavy atom. The second-order valence-corrected chi connectivity index (χ2v) is 8.59. The largest absolute Gasteiger partial charge is 0.497 e. The van der Waals surface area contributed by atoms with Crippen molar-refractivity contribution >= 4 is 31.7 Å². The van der Waals surface area contributed by atoms with Crippen LogP contribution in [0.3, 0.4) is 0 Å². The number of methoxy groups -OCH3 is 1. The smallest absolute Gasteiger partial charge is 0.469 e. The number of phosphoric ester groups is 1. The number of urea groups is 1. The molecule has 1 aromatic rings. The summed E-state index contributed by atoms with van der Waals surface area (Å²) in [5, 5.41) is 0. The van der Waals surface area contributed by atoms with Gasteiger partial charge in [-0.1, -0.05) is 24.1 Å². The fourth-order valence-electron chi connectivity index (χ4n) is 3.65. The molecule has 1 fully saturated rings. The minimum Gasteiger partial charge on any atom is -0.497 e. The summed E-state index contributed by atoms with van der Waals surface area (Å²) in [7, 11) is -1.34. The van der Waals surface area contributed by atoms with Gasteiger partial charge < -0.3 is 19.4 Å². The average molecular weight is 476 g/mol. The number of nitrogens with zero attached hydrogens (tertiary/aromatic N) is 4. The molecule has 2 aliphatic heterocycles. The van der Waals surface area contributed by atoms with Gasteiger partial charge in [0.15, 0.2) is 12.2 Å².